The maximum absolute atomic E-state index is 12.2. The van der Waals surface area contributed by atoms with Gasteiger partial charge >= 0.3 is 24.1 Å². The quantitative estimate of drug-likeness (QED) is 0.136. The van der Waals surface area contributed by atoms with Crippen molar-refractivity contribution < 1.29 is 42.9 Å². The Hall–Kier alpha value is -3.50. The van der Waals surface area contributed by atoms with Crippen LogP contribution in [0.15, 0.2) is 36.7 Å². The Morgan fingerprint density at radius 1 is 0.857 bits per heavy atom. The van der Waals surface area contributed by atoms with Gasteiger partial charge in [0, 0.05) is 36.6 Å². The summed E-state index contributed by atoms with van der Waals surface area (Å²) in [5.41, 5.74) is 0.373. The molecule has 0 bridgehead atoms. The lowest BCUT2D eigenvalue weighted by atomic mass is 10.3. The van der Waals surface area contributed by atoms with E-state index in [-0.39, 0.29) is 44.0 Å². The fourth-order valence-electron chi connectivity index (χ4n) is 2.62. The molecule has 11 heteroatoms. The van der Waals surface area contributed by atoms with E-state index < -0.39 is 30.2 Å². The largest absolute Gasteiger partial charge is 0.508 e. The first kappa shape index (κ1) is 29.5. The van der Waals surface area contributed by atoms with Gasteiger partial charge in [-0.25, -0.2) is 14.4 Å². The molecule has 0 amide bonds. The van der Waals surface area contributed by atoms with Crippen LogP contribution in [0, 0.1) is 0 Å². The van der Waals surface area contributed by atoms with Crippen molar-refractivity contribution in [3.05, 3.63) is 36.7 Å². The highest BCUT2D eigenvalue weighted by molar-refractivity contribution is 5.87. The van der Waals surface area contributed by atoms with Gasteiger partial charge < -0.3 is 33.5 Å². The van der Waals surface area contributed by atoms with Gasteiger partial charge in [0.25, 0.3) is 0 Å². The zero-order valence-electron chi connectivity index (χ0n) is 20.8. The highest BCUT2D eigenvalue weighted by Gasteiger charge is 2.21. The molecule has 0 saturated carbocycles. The van der Waals surface area contributed by atoms with E-state index in [1.807, 2.05) is 17.3 Å². The molecule has 0 saturated heterocycles. The minimum absolute atomic E-state index is 0.128. The smallest absolute Gasteiger partial charge is 0.462 e. The summed E-state index contributed by atoms with van der Waals surface area (Å²) in [7, 11) is 0. The second kappa shape index (κ2) is 16.2. The minimum Gasteiger partial charge on any atom is -0.462 e. The first-order valence-electron chi connectivity index (χ1n) is 11.4. The SMILES string of the molecule is C=C(C)C(=O)OCCOC(=O)OC(COC(=O)CCN1C=CN(CCCC)C1)COC(=O)C(=C)C. The molecule has 1 rings (SSSR count). The highest BCUT2D eigenvalue weighted by atomic mass is 16.7. The summed E-state index contributed by atoms with van der Waals surface area (Å²) >= 11 is 0. The van der Waals surface area contributed by atoms with E-state index in [4.69, 9.17) is 23.7 Å². The third-order valence-corrected chi connectivity index (χ3v) is 4.58. The summed E-state index contributed by atoms with van der Waals surface area (Å²) in [6.07, 6.45) is 4.06. The number of nitrogens with zero attached hydrogens (tertiary/aromatic N) is 2. The number of carbonyl (C=O) groups excluding carboxylic acids is 4. The summed E-state index contributed by atoms with van der Waals surface area (Å²) in [5.74, 6) is -1.79. The Bertz CT molecular complexity index is 794. The van der Waals surface area contributed by atoms with Crippen molar-refractivity contribution in [1.29, 1.82) is 0 Å². The number of carbonyl (C=O) groups is 4. The van der Waals surface area contributed by atoms with Gasteiger partial charge in [0.1, 0.15) is 26.4 Å². The fourth-order valence-corrected chi connectivity index (χ4v) is 2.62. The van der Waals surface area contributed by atoms with Crippen molar-refractivity contribution in [2.24, 2.45) is 0 Å². The molecule has 0 aromatic carbocycles. The first-order chi connectivity index (χ1) is 16.6. The van der Waals surface area contributed by atoms with Crippen LogP contribution in [0.1, 0.15) is 40.0 Å². The Balaban J connectivity index is 2.43. The molecular formula is C24H36N2O9. The minimum atomic E-state index is -1.10. The second-order valence-corrected chi connectivity index (χ2v) is 7.98. The molecule has 0 radical (unpaired) electrons. The van der Waals surface area contributed by atoms with E-state index in [9.17, 15) is 19.2 Å². The molecule has 1 heterocycles. The van der Waals surface area contributed by atoms with Gasteiger partial charge in [0.2, 0.25) is 0 Å². The van der Waals surface area contributed by atoms with Crippen molar-refractivity contribution in [2.75, 3.05) is 46.2 Å². The number of unbranched alkanes of at least 4 members (excludes halogenated alkanes) is 1. The summed E-state index contributed by atoms with van der Waals surface area (Å²) in [6, 6.07) is 0. The third kappa shape index (κ3) is 13.1. The normalized spacial score (nSPS) is 13.1. The number of rotatable bonds is 16. The van der Waals surface area contributed by atoms with Crippen molar-refractivity contribution in [3.63, 3.8) is 0 Å². The molecule has 0 N–H and O–H groups in total. The highest BCUT2D eigenvalue weighted by Crippen LogP contribution is 2.09. The molecule has 0 aromatic heterocycles. The molecule has 0 aliphatic carbocycles. The van der Waals surface area contributed by atoms with E-state index in [0.717, 1.165) is 19.4 Å². The molecule has 1 aliphatic heterocycles. The molecule has 1 aliphatic rings. The van der Waals surface area contributed by atoms with Crippen LogP contribution < -0.4 is 0 Å². The van der Waals surface area contributed by atoms with Crippen LogP contribution in [0.2, 0.25) is 0 Å². The van der Waals surface area contributed by atoms with Crippen molar-refractivity contribution in [1.82, 2.24) is 9.80 Å². The van der Waals surface area contributed by atoms with Crippen LogP contribution in [-0.4, -0.2) is 86.2 Å². The van der Waals surface area contributed by atoms with Crippen LogP contribution in [0.5, 0.6) is 0 Å². The summed E-state index contributed by atoms with van der Waals surface area (Å²) in [4.78, 5) is 51.3. The maximum Gasteiger partial charge on any atom is 0.508 e. The topological polar surface area (TPSA) is 121 Å². The average Bonchev–Trinajstić information content (AvgIpc) is 3.27. The average molecular weight is 497 g/mol. The van der Waals surface area contributed by atoms with Crippen LogP contribution in [0.4, 0.5) is 4.79 Å². The number of ether oxygens (including phenoxy) is 5. The number of hydrogen-bond donors (Lipinski definition) is 0. The van der Waals surface area contributed by atoms with E-state index in [1.54, 1.807) is 0 Å². The van der Waals surface area contributed by atoms with Gasteiger partial charge in [-0.15, -0.1) is 0 Å². The predicted octanol–water partition coefficient (Wildman–Crippen LogP) is 2.53. The standard InChI is InChI=1S/C24H36N2O9/c1-6-7-9-25-11-12-26(17-25)10-8-21(27)33-15-20(16-34-23(29)19(4)5)35-24(30)32-14-13-31-22(28)18(2)3/h11-12,20H,2,4,6-10,13-17H2,1,3,5H3. The summed E-state index contributed by atoms with van der Waals surface area (Å²) in [6.45, 7) is 13.0. The molecule has 1 unspecified atom stereocenters. The van der Waals surface area contributed by atoms with Crippen LogP contribution in [0.25, 0.3) is 0 Å². The van der Waals surface area contributed by atoms with Crippen LogP contribution in [0.3, 0.4) is 0 Å². The van der Waals surface area contributed by atoms with Crippen molar-refractivity contribution >= 4 is 24.1 Å². The molecule has 35 heavy (non-hydrogen) atoms. The Labute approximate surface area is 206 Å². The van der Waals surface area contributed by atoms with Gasteiger partial charge in [-0.1, -0.05) is 26.5 Å². The summed E-state index contributed by atoms with van der Waals surface area (Å²) < 4.78 is 24.9. The van der Waals surface area contributed by atoms with E-state index in [2.05, 4.69) is 25.0 Å². The van der Waals surface area contributed by atoms with Crippen molar-refractivity contribution in [3.8, 4) is 0 Å². The van der Waals surface area contributed by atoms with Gasteiger partial charge in [-0.2, -0.15) is 0 Å². The zero-order valence-corrected chi connectivity index (χ0v) is 20.8. The maximum atomic E-state index is 12.2. The van der Waals surface area contributed by atoms with Gasteiger partial charge in [0.15, 0.2) is 6.10 Å². The molecule has 0 spiro atoms. The molecular weight excluding hydrogens is 460 g/mol. The monoisotopic (exact) mass is 496 g/mol. The predicted molar refractivity (Wildman–Crippen MR) is 126 cm³/mol. The molecule has 0 aromatic rings. The van der Waals surface area contributed by atoms with Crippen molar-refractivity contribution in [2.45, 2.75) is 46.1 Å². The Kier molecular flexibility index (Phi) is 13.7. The van der Waals surface area contributed by atoms with Gasteiger partial charge in [-0.3, -0.25) is 4.79 Å². The fraction of sp³-hybridized carbons (Fsp3) is 0.583. The van der Waals surface area contributed by atoms with E-state index >= 15 is 0 Å². The Morgan fingerprint density at radius 2 is 1.43 bits per heavy atom. The van der Waals surface area contributed by atoms with Crippen LogP contribution >= 0.6 is 0 Å². The van der Waals surface area contributed by atoms with Gasteiger partial charge in [-0.05, 0) is 20.3 Å². The molecule has 1 atom stereocenters. The second-order valence-electron chi connectivity index (χ2n) is 7.98. The lowest BCUT2D eigenvalue weighted by Gasteiger charge is -2.21. The zero-order chi connectivity index (χ0) is 26.2. The lowest BCUT2D eigenvalue weighted by Crippen LogP contribution is -2.32. The van der Waals surface area contributed by atoms with Crippen LogP contribution in [-0.2, 0) is 38.1 Å². The summed E-state index contributed by atoms with van der Waals surface area (Å²) in [5, 5.41) is 0. The molecule has 11 nitrogen and oxygen atoms in total. The Morgan fingerprint density at radius 3 is 2.06 bits per heavy atom. The lowest BCUT2D eigenvalue weighted by molar-refractivity contribution is -0.151. The van der Waals surface area contributed by atoms with E-state index in [1.165, 1.54) is 13.8 Å². The third-order valence-electron chi connectivity index (χ3n) is 4.58. The molecule has 0 fully saturated rings. The number of esters is 3. The molecule has 196 valence electrons. The first-order valence-corrected chi connectivity index (χ1v) is 11.4. The van der Waals surface area contributed by atoms with E-state index in [0.29, 0.717) is 13.2 Å². The van der Waals surface area contributed by atoms with Gasteiger partial charge in [0.05, 0.1) is 13.1 Å². The number of hydrogen-bond acceptors (Lipinski definition) is 11.